The first-order chi connectivity index (χ1) is 23.1. The third-order valence-corrected chi connectivity index (χ3v) is 9.12. The number of anilines is 2. The van der Waals surface area contributed by atoms with Gasteiger partial charge in [0.15, 0.2) is 5.60 Å². The van der Waals surface area contributed by atoms with Gasteiger partial charge >= 0.3 is 5.92 Å². The predicted octanol–water partition coefficient (Wildman–Crippen LogP) is 4.86. The Balaban J connectivity index is 1.03. The summed E-state index contributed by atoms with van der Waals surface area (Å²) in [6.45, 7) is 2.26. The van der Waals surface area contributed by atoms with E-state index in [0.717, 1.165) is 90.9 Å². The highest BCUT2D eigenvalue weighted by molar-refractivity contribution is 5.66. The van der Waals surface area contributed by atoms with Gasteiger partial charge in [-0.2, -0.15) is 8.78 Å². The first-order valence-electron chi connectivity index (χ1n) is 15.6. The van der Waals surface area contributed by atoms with Crippen molar-refractivity contribution in [2.24, 2.45) is 5.92 Å². The molecule has 2 atom stereocenters. The first-order valence-corrected chi connectivity index (χ1v) is 15.6. The van der Waals surface area contributed by atoms with Gasteiger partial charge in [0, 0.05) is 55.3 Å². The predicted molar refractivity (Wildman–Crippen MR) is 168 cm³/mol. The van der Waals surface area contributed by atoms with Gasteiger partial charge in [-0.25, -0.2) is 13.5 Å². The lowest BCUT2D eigenvalue weighted by molar-refractivity contribution is -0.207. The van der Waals surface area contributed by atoms with Crippen LogP contribution in [0, 0.1) is 17.6 Å². The van der Waals surface area contributed by atoms with Crippen molar-refractivity contribution in [2.75, 3.05) is 36.0 Å². The van der Waals surface area contributed by atoms with Gasteiger partial charge in [0.1, 0.15) is 23.7 Å². The van der Waals surface area contributed by atoms with Crippen LogP contribution >= 0.6 is 0 Å². The standard InChI is InChI=1S/C34H32F4N8O2/c35-25-6-10-28(29(36)17-25)33(48,20-46-21-41-42-43-46)34(37,38)31-12-5-24(18-40-31)22-3-7-26(8-4-22)44-13-15-45(16-14-44)27-9-11-30(39-19-27)32(47)23-1-2-23/h3-12,17-19,21,23,32,47-48H,1-2,13-16,20H2/t32-,33+/m1/s1. The number of nitrogens with zero attached hydrogens (tertiary/aromatic N) is 8. The van der Waals surface area contributed by atoms with E-state index in [1.54, 1.807) is 0 Å². The van der Waals surface area contributed by atoms with Crippen molar-refractivity contribution in [1.82, 2.24) is 30.2 Å². The summed E-state index contributed by atoms with van der Waals surface area (Å²) < 4.78 is 61.5. The quantitative estimate of drug-likeness (QED) is 0.203. The maximum Gasteiger partial charge on any atom is 0.323 e. The zero-order chi connectivity index (χ0) is 33.5. The third kappa shape index (κ3) is 6.08. The summed E-state index contributed by atoms with van der Waals surface area (Å²) in [4.78, 5) is 13.0. The van der Waals surface area contributed by atoms with Crippen molar-refractivity contribution in [3.05, 3.63) is 114 Å². The van der Waals surface area contributed by atoms with E-state index in [1.807, 2.05) is 42.6 Å². The Bertz CT molecular complexity index is 1850. The summed E-state index contributed by atoms with van der Waals surface area (Å²) in [7, 11) is 0. The SMILES string of the molecule is O[C@@H](c1ccc(N2CCN(c3ccc(-c4ccc(C(F)(F)[C@](O)(Cn5cnnn5)c5ccc(F)cc5F)nc4)cc3)CC2)cn1)C1CC1. The van der Waals surface area contributed by atoms with E-state index in [9.17, 15) is 19.0 Å². The van der Waals surface area contributed by atoms with Crippen LogP contribution in [0.25, 0.3) is 11.1 Å². The van der Waals surface area contributed by atoms with Gasteiger partial charge in [-0.1, -0.05) is 18.2 Å². The highest BCUT2D eigenvalue weighted by Gasteiger charge is 2.58. The van der Waals surface area contributed by atoms with Crippen LogP contribution in [0.3, 0.4) is 0 Å². The van der Waals surface area contributed by atoms with Crippen molar-refractivity contribution < 1.29 is 27.8 Å². The number of benzene rings is 2. The molecular weight excluding hydrogens is 628 g/mol. The molecule has 0 radical (unpaired) electrons. The molecule has 1 saturated carbocycles. The summed E-state index contributed by atoms with van der Waals surface area (Å²) in [6.07, 6.45) is 5.71. The Kier molecular flexibility index (Phi) is 8.29. The van der Waals surface area contributed by atoms with E-state index < -0.39 is 47.1 Å². The zero-order valence-electron chi connectivity index (χ0n) is 25.7. The zero-order valence-corrected chi connectivity index (χ0v) is 25.7. The molecule has 2 N–H and O–H groups in total. The van der Waals surface area contributed by atoms with Crippen LogP contribution in [0.5, 0.6) is 0 Å². The number of tetrazole rings is 1. The van der Waals surface area contributed by atoms with E-state index >= 15 is 8.78 Å². The van der Waals surface area contributed by atoms with Gasteiger partial charge in [0.25, 0.3) is 0 Å². The van der Waals surface area contributed by atoms with E-state index in [2.05, 4.69) is 35.3 Å². The number of aromatic nitrogens is 6. The summed E-state index contributed by atoms with van der Waals surface area (Å²) in [5, 5.41) is 32.0. The van der Waals surface area contributed by atoms with Gasteiger partial charge in [-0.15, -0.1) is 5.10 Å². The van der Waals surface area contributed by atoms with Crippen molar-refractivity contribution in [3.63, 3.8) is 0 Å². The van der Waals surface area contributed by atoms with Crippen LogP contribution in [0.2, 0.25) is 0 Å². The van der Waals surface area contributed by atoms with Crippen LogP contribution in [-0.4, -0.2) is 66.6 Å². The average molecular weight is 661 g/mol. The third-order valence-electron chi connectivity index (χ3n) is 9.12. The fourth-order valence-electron chi connectivity index (χ4n) is 6.13. The summed E-state index contributed by atoms with van der Waals surface area (Å²) >= 11 is 0. The Hall–Kier alpha value is -4.95. The second kappa shape index (κ2) is 12.6. The highest BCUT2D eigenvalue weighted by atomic mass is 19.3. The van der Waals surface area contributed by atoms with Gasteiger partial charge in [0.05, 0.1) is 30.2 Å². The Morgan fingerprint density at radius 1 is 0.812 bits per heavy atom. The molecule has 14 heteroatoms. The van der Waals surface area contributed by atoms with E-state index in [0.29, 0.717) is 17.5 Å². The molecule has 48 heavy (non-hydrogen) atoms. The number of hydrogen-bond acceptors (Lipinski definition) is 9. The van der Waals surface area contributed by atoms with Gasteiger partial charge < -0.3 is 20.0 Å². The minimum Gasteiger partial charge on any atom is -0.387 e. The first kappa shape index (κ1) is 31.6. The normalized spacial score (nSPS) is 17.3. The van der Waals surface area contributed by atoms with Gasteiger partial charge in [0.2, 0.25) is 0 Å². The molecule has 2 aliphatic rings. The largest absolute Gasteiger partial charge is 0.387 e. The van der Waals surface area contributed by atoms with E-state index in [4.69, 9.17) is 0 Å². The molecule has 10 nitrogen and oxygen atoms in total. The Labute approximate surface area is 273 Å². The van der Waals surface area contributed by atoms with E-state index in [-0.39, 0.29) is 0 Å². The topological polar surface area (TPSA) is 116 Å². The van der Waals surface area contributed by atoms with Crippen LogP contribution in [0.15, 0.2) is 85.5 Å². The highest BCUT2D eigenvalue weighted by Crippen LogP contribution is 2.47. The van der Waals surface area contributed by atoms with Gasteiger partial charge in [-0.3, -0.25) is 9.97 Å². The molecular formula is C34H32F4N8O2. The lowest BCUT2D eigenvalue weighted by atomic mass is 9.84. The Morgan fingerprint density at radius 2 is 1.50 bits per heavy atom. The molecule has 1 aliphatic carbocycles. The molecule has 7 rings (SSSR count). The number of halogens is 4. The number of aliphatic hydroxyl groups is 2. The van der Waals surface area contributed by atoms with Crippen molar-refractivity contribution in [1.29, 1.82) is 0 Å². The number of aliphatic hydroxyl groups excluding tert-OH is 1. The van der Waals surface area contributed by atoms with Crippen LogP contribution in [-0.2, 0) is 18.1 Å². The number of rotatable bonds is 10. The minimum atomic E-state index is -4.14. The van der Waals surface area contributed by atoms with Crippen molar-refractivity contribution >= 4 is 11.4 Å². The molecule has 5 aromatic rings. The van der Waals surface area contributed by atoms with Crippen LogP contribution < -0.4 is 9.80 Å². The summed E-state index contributed by atoms with van der Waals surface area (Å²) in [5.41, 5.74) is -0.785. The number of alkyl halides is 2. The van der Waals surface area contributed by atoms with Crippen LogP contribution in [0.4, 0.5) is 28.9 Å². The molecule has 4 heterocycles. The maximum absolute atomic E-state index is 16.1. The molecule has 2 fully saturated rings. The molecule has 1 aliphatic heterocycles. The number of piperazine rings is 1. The van der Waals surface area contributed by atoms with Gasteiger partial charge in [-0.05, 0) is 77.2 Å². The number of hydrogen-bond donors (Lipinski definition) is 2. The van der Waals surface area contributed by atoms with Crippen molar-refractivity contribution in [2.45, 2.75) is 37.0 Å². The van der Waals surface area contributed by atoms with Crippen molar-refractivity contribution in [3.8, 4) is 11.1 Å². The second-order valence-corrected chi connectivity index (χ2v) is 12.2. The lowest BCUT2D eigenvalue weighted by Crippen LogP contribution is -2.48. The molecule has 0 bridgehead atoms. The van der Waals surface area contributed by atoms with E-state index in [1.165, 1.54) is 12.3 Å². The molecule has 0 amide bonds. The summed E-state index contributed by atoms with van der Waals surface area (Å²) in [6, 6.07) is 16.1. The molecule has 248 valence electrons. The average Bonchev–Trinajstić information content (AvgIpc) is 3.84. The second-order valence-electron chi connectivity index (χ2n) is 12.2. The molecule has 2 aromatic carbocycles. The smallest absolute Gasteiger partial charge is 0.323 e. The molecule has 0 unspecified atom stereocenters. The maximum atomic E-state index is 16.1. The molecule has 3 aromatic heterocycles. The fraction of sp³-hybridized carbons (Fsp3) is 0.324. The minimum absolute atomic E-state index is 0.334. The fourth-order valence-corrected chi connectivity index (χ4v) is 6.13. The monoisotopic (exact) mass is 660 g/mol. The van der Waals surface area contributed by atoms with Crippen LogP contribution in [0.1, 0.15) is 35.9 Å². The number of pyridine rings is 2. The summed E-state index contributed by atoms with van der Waals surface area (Å²) in [5.74, 6) is -6.14. The molecule has 0 spiro atoms. The lowest BCUT2D eigenvalue weighted by Gasteiger charge is -2.37. The molecule has 1 saturated heterocycles. The Morgan fingerprint density at radius 3 is 2.08 bits per heavy atom.